The summed E-state index contributed by atoms with van der Waals surface area (Å²) in [5.74, 6) is 0.505. The standard InChI is InChI=1S/C16H25FN2/c1-2-19(15-10-8-14(17)9-11-15)16(12-18)13-6-4-3-5-7-13/h8-11,13,16H,2-7,12,18H2,1H3. The third kappa shape index (κ3) is 3.47. The lowest BCUT2D eigenvalue weighted by molar-refractivity contribution is 0.297. The fourth-order valence-corrected chi connectivity index (χ4v) is 3.33. The summed E-state index contributed by atoms with van der Waals surface area (Å²) < 4.78 is 13.0. The van der Waals surface area contributed by atoms with Gasteiger partial charge in [0.15, 0.2) is 0 Å². The van der Waals surface area contributed by atoms with Gasteiger partial charge in [0.1, 0.15) is 5.82 Å². The maximum Gasteiger partial charge on any atom is 0.123 e. The molecule has 1 aliphatic carbocycles. The predicted octanol–water partition coefficient (Wildman–Crippen LogP) is 3.56. The lowest BCUT2D eigenvalue weighted by atomic mass is 9.83. The van der Waals surface area contributed by atoms with Crippen LogP contribution in [0, 0.1) is 11.7 Å². The third-order valence-electron chi connectivity index (χ3n) is 4.33. The molecule has 0 heterocycles. The van der Waals surface area contributed by atoms with Gasteiger partial charge in [-0.3, -0.25) is 0 Å². The summed E-state index contributed by atoms with van der Waals surface area (Å²) in [6.07, 6.45) is 6.56. The zero-order valence-corrected chi connectivity index (χ0v) is 11.8. The minimum atomic E-state index is -0.179. The van der Waals surface area contributed by atoms with E-state index in [9.17, 15) is 4.39 Å². The highest BCUT2D eigenvalue weighted by Crippen LogP contribution is 2.31. The number of rotatable bonds is 5. The van der Waals surface area contributed by atoms with Crippen molar-refractivity contribution in [1.82, 2.24) is 0 Å². The Bertz CT molecular complexity index is 371. The average Bonchev–Trinajstić information content (AvgIpc) is 2.47. The van der Waals surface area contributed by atoms with Crippen molar-refractivity contribution in [2.75, 3.05) is 18.0 Å². The molecule has 19 heavy (non-hydrogen) atoms. The number of hydrogen-bond donors (Lipinski definition) is 1. The van der Waals surface area contributed by atoms with Gasteiger partial charge < -0.3 is 10.6 Å². The molecule has 0 radical (unpaired) electrons. The number of likely N-dealkylation sites (N-methyl/N-ethyl adjacent to an activating group) is 1. The van der Waals surface area contributed by atoms with Gasteiger partial charge in [0.2, 0.25) is 0 Å². The molecule has 0 aromatic heterocycles. The molecule has 1 aromatic rings. The molecule has 0 spiro atoms. The smallest absolute Gasteiger partial charge is 0.123 e. The van der Waals surface area contributed by atoms with Crippen molar-refractivity contribution >= 4 is 5.69 Å². The van der Waals surface area contributed by atoms with E-state index >= 15 is 0 Å². The maximum absolute atomic E-state index is 13.0. The monoisotopic (exact) mass is 264 g/mol. The van der Waals surface area contributed by atoms with E-state index in [1.165, 1.54) is 44.2 Å². The minimum absolute atomic E-state index is 0.179. The van der Waals surface area contributed by atoms with Crippen LogP contribution in [0.2, 0.25) is 0 Å². The minimum Gasteiger partial charge on any atom is -0.367 e. The van der Waals surface area contributed by atoms with Gasteiger partial charge in [-0.15, -0.1) is 0 Å². The van der Waals surface area contributed by atoms with Crippen LogP contribution in [0.3, 0.4) is 0 Å². The molecular formula is C16H25FN2. The van der Waals surface area contributed by atoms with Crippen molar-refractivity contribution in [3.63, 3.8) is 0 Å². The Morgan fingerprint density at radius 1 is 1.21 bits per heavy atom. The molecule has 0 aliphatic heterocycles. The molecule has 0 saturated heterocycles. The van der Waals surface area contributed by atoms with Crippen LogP contribution in [0.4, 0.5) is 10.1 Å². The number of nitrogens with two attached hydrogens (primary N) is 1. The van der Waals surface area contributed by atoms with Crippen LogP contribution in [0.25, 0.3) is 0 Å². The summed E-state index contributed by atoms with van der Waals surface area (Å²) >= 11 is 0. The van der Waals surface area contributed by atoms with Gasteiger partial charge in [0.25, 0.3) is 0 Å². The quantitative estimate of drug-likeness (QED) is 0.881. The fraction of sp³-hybridized carbons (Fsp3) is 0.625. The summed E-state index contributed by atoms with van der Waals surface area (Å²) in [6, 6.07) is 7.18. The van der Waals surface area contributed by atoms with Gasteiger partial charge in [-0.2, -0.15) is 0 Å². The van der Waals surface area contributed by atoms with E-state index in [0.29, 0.717) is 18.5 Å². The van der Waals surface area contributed by atoms with Gasteiger partial charge in [0.05, 0.1) is 0 Å². The largest absolute Gasteiger partial charge is 0.367 e. The maximum atomic E-state index is 13.0. The molecule has 1 aromatic carbocycles. The van der Waals surface area contributed by atoms with Gasteiger partial charge in [-0.05, 0) is 49.9 Å². The number of halogens is 1. The molecule has 0 bridgehead atoms. The van der Waals surface area contributed by atoms with E-state index in [2.05, 4.69) is 11.8 Å². The topological polar surface area (TPSA) is 29.3 Å². The van der Waals surface area contributed by atoms with Crippen molar-refractivity contribution < 1.29 is 4.39 Å². The highest BCUT2D eigenvalue weighted by Gasteiger charge is 2.27. The molecule has 1 atom stereocenters. The number of benzene rings is 1. The van der Waals surface area contributed by atoms with Crippen LogP contribution < -0.4 is 10.6 Å². The second kappa shape index (κ2) is 6.90. The molecule has 0 amide bonds. The molecule has 1 saturated carbocycles. The summed E-state index contributed by atoms with van der Waals surface area (Å²) in [7, 11) is 0. The number of nitrogens with zero attached hydrogens (tertiary/aromatic N) is 1. The zero-order chi connectivity index (χ0) is 13.7. The van der Waals surface area contributed by atoms with Crippen LogP contribution in [0.5, 0.6) is 0 Å². The SMILES string of the molecule is CCN(c1ccc(F)cc1)C(CN)C1CCCCC1. The van der Waals surface area contributed by atoms with Crippen molar-refractivity contribution in [1.29, 1.82) is 0 Å². The first-order chi connectivity index (χ1) is 9.26. The van der Waals surface area contributed by atoms with Crippen molar-refractivity contribution in [3.8, 4) is 0 Å². The van der Waals surface area contributed by atoms with Gasteiger partial charge in [-0.25, -0.2) is 4.39 Å². The molecular weight excluding hydrogens is 239 g/mol. The Morgan fingerprint density at radius 2 is 1.84 bits per heavy atom. The average molecular weight is 264 g/mol. The Morgan fingerprint density at radius 3 is 2.37 bits per heavy atom. The number of hydrogen-bond acceptors (Lipinski definition) is 2. The Labute approximate surface area is 115 Å². The van der Waals surface area contributed by atoms with E-state index in [4.69, 9.17) is 5.73 Å². The van der Waals surface area contributed by atoms with Crippen LogP contribution in [0.1, 0.15) is 39.0 Å². The molecule has 1 fully saturated rings. The molecule has 3 heteroatoms. The van der Waals surface area contributed by atoms with Crippen molar-refractivity contribution in [2.45, 2.75) is 45.1 Å². The first kappa shape index (κ1) is 14.3. The van der Waals surface area contributed by atoms with E-state index in [-0.39, 0.29) is 5.82 Å². The van der Waals surface area contributed by atoms with E-state index in [1.54, 1.807) is 0 Å². The second-order valence-electron chi connectivity index (χ2n) is 5.46. The molecule has 2 rings (SSSR count). The number of anilines is 1. The van der Waals surface area contributed by atoms with Crippen LogP contribution in [-0.2, 0) is 0 Å². The molecule has 1 aliphatic rings. The first-order valence-electron chi connectivity index (χ1n) is 7.48. The first-order valence-corrected chi connectivity index (χ1v) is 7.48. The van der Waals surface area contributed by atoms with Gasteiger partial charge in [0, 0.05) is 24.8 Å². The van der Waals surface area contributed by atoms with Crippen LogP contribution in [0.15, 0.2) is 24.3 Å². The van der Waals surface area contributed by atoms with Crippen molar-refractivity contribution in [3.05, 3.63) is 30.1 Å². The summed E-state index contributed by atoms with van der Waals surface area (Å²) in [4.78, 5) is 2.34. The lowest BCUT2D eigenvalue weighted by Crippen LogP contribution is -2.46. The molecule has 106 valence electrons. The Hall–Kier alpha value is -1.09. The van der Waals surface area contributed by atoms with Gasteiger partial charge >= 0.3 is 0 Å². The summed E-state index contributed by atoms with van der Waals surface area (Å²) in [6.45, 7) is 3.74. The third-order valence-corrected chi connectivity index (χ3v) is 4.33. The van der Waals surface area contributed by atoms with Crippen molar-refractivity contribution in [2.24, 2.45) is 11.7 Å². The normalized spacial score (nSPS) is 18.3. The van der Waals surface area contributed by atoms with Crippen LogP contribution in [-0.4, -0.2) is 19.1 Å². The zero-order valence-electron chi connectivity index (χ0n) is 11.8. The highest BCUT2D eigenvalue weighted by atomic mass is 19.1. The van der Waals surface area contributed by atoms with Gasteiger partial charge in [-0.1, -0.05) is 19.3 Å². The Kier molecular flexibility index (Phi) is 5.20. The van der Waals surface area contributed by atoms with E-state index in [1.807, 2.05) is 12.1 Å². The van der Waals surface area contributed by atoms with E-state index < -0.39 is 0 Å². The summed E-state index contributed by atoms with van der Waals surface area (Å²) in [5.41, 5.74) is 7.12. The fourth-order valence-electron chi connectivity index (χ4n) is 3.33. The van der Waals surface area contributed by atoms with E-state index in [0.717, 1.165) is 12.2 Å². The molecule has 2 N–H and O–H groups in total. The molecule has 2 nitrogen and oxygen atoms in total. The lowest BCUT2D eigenvalue weighted by Gasteiger charge is -2.39. The van der Waals surface area contributed by atoms with Crippen LogP contribution >= 0.6 is 0 Å². The predicted molar refractivity (Wildman–Crippen MR) is 78.8 cm³/mol. The Balaban J connectivity index is 2.15. The molecule has 1 unspecified atom stereocenters. The second-order valence-corrected chi connectivity index (χ2v) is 5.46. The summed E-state index contributed by atoms with van der Waals surface area (Å²) in [5, 5.41) is 0. The highest BCUT2D eigenvalue weighted by molar-refractivity contribution is 5.47.